The Balaban J connectivity index is 2.26. The average Bonchev–Trinajstić information content (AvgIpc) is 2.47. The Bertz CT molecular complexity index is 697. The van der Waals surface area contributed by atoms with E-state index in [0.29, 0.717) is 10.6 Å². The van der Waals surface area contributed by atoms with Crippen LogP contribution in [0.15, 0.2) is 40.9 Å². The van der Waals surface area contributed by atoms with Crippen molar-refractivity contribution < 1.29 is 4.74 Å². The molecule has 2 rings (SSSR count). The fourth-order valence-corrected chi connectivity index (χ4v) is 2.73. The molecule has 1 N–H and O–H groups in total. The first kappa shape index (κ1) is 15.7. The molecule has 1 atom stereocenters. The van der Waals surface area contributed by atoms with Crippen LogP contribution in [-0.4, -0.2) is 7.11 Å². The molecule has 0 radical (unpaired) electrons. The Labute approximate surface area is 137 Å². The number of rotatable bonds is 4. The number of ether oxygens (including phenoxy) is 1. The first-order valence-electron chi connectivity index (χ1n) is 6.34. The van der Waals surface area contributed by atoms with Gasteiger partial charge in [0, 0.05) is 11.1 Å². The van der Waals surface area contributed by atoms with Gasteiger partial charge in [-0.25, -0.2) is 0 Å². The molecule has 3 nitrogen and oxygen atoms in total. The van der Waals surface area contributed by atoms with Gasteiger partial charge in [0.25, 0.3) is 0 Å². The number of benzene rings is 2. The molecule has 2 aromatic rings. The molecule has 0 aliphatic rings. The highest BCUT2D eigenvalue weighted by molar-refractivity contribution is 9.10. The van der Waals surface area contributed by atoms with E-state index in [0.717, 1.165) is 21.5 Å². The van der Waals surface area contributed by atoms with Crippen molar-refractivity contribution in [1.29, 1.82) is 5.26 Å². The predicted octanol–water partition coefficient (Wildman–Crippen LogP) is 5.16. The molecule has 0 aliphatic heterocycles. The highest BCUT2D eigenvalue weighted by Gasteiger charge is 2.11. The van der Waals surface area contributed by atoms with E-state index in [4.69, 9.17) is 21.6 Å². The topological polar surface area (TPSA) is 45.0 Å². The summed E-state index contributed by atoms with van der Waals surface area (Å²) in [7, 11) is 1.63. The number of nitrogens with zero attached hydrogens (tertiary/aromatic N) is 1. The lowest BCUT2D eigenvalue weighted by molar-refractivity contribution is 0.412. The van der Waals surface area contributed by atoms with Crippen LogP contribution in [0.1, 0.15) is 24.1 Å². The number of hydrogen-bond acceptors (Lipinski definition) is 3. The van der Waals surface area contributed by atoms with Crippen LogP contribution >= 0.6 is 27.5 Å². The number of nitrogens with one attached hydrogen (secondary N) is 1. The Kier molecular flexibility index (Phi) is 5.11. The molecular formula is C16H14BrClN2O. The highest BCUT2D eigenvalue weighted by atomic mass is 79.9. The van der Waals surface area contributed by atoms with Crippen LogP contribution in [0.3, 0.4) is 0 Å². The standard InChI is InChI=1S/C16H14BrClN2O/c1-10(11-4-6-16(21-2)14(17)7-11)20-15-8-13(18)5-3-12(15)9-19/h3-8,10,20H,1-2H3. The fraction of sp³-hybridized carbons (Fsp3) is 0.188. The predicted molar refractivity (Wildman–Crippen MR) is 88.9 cm³/mol. The summed E-state index contributed by atoms with van der Waals surface area (Å²) in [5, 5.41) is 13.1. The summed E-state index contributed by atoms with van der Waals surface area (Å²) >= 11 is 9.47. The van der Waals surface area contributed by atoms with Crippen LogP contribution < -0.4 is 10.1 Å². The van der Waals surface area contributed by atoms with Crippen molar-refractivity contribution in [2.45, 2.75) is 13.0 Å². The lowest BCUT2D eigenvalue weighted by Crippen LogP contribution is -2.08. The molecule has 0 saturated carbocycles. The number of nitriles is 1. The monoisotopic (exact) mass is 364 g/mol. The van der Waals surface area contributed by atoms with Crippen LogP contribution in [0.4, 0.5) is 5.69 Å². The summed E-state index contributed by atoms with van der Waals surface area (Å²) in [4.78, 5) is 0. The second kappa shape index (κ2) is 6.84. The summed E-state index contributed by atoms with van der Waals surface area (Å²) in [5.74, 6) is 0.784. The van der Waals surface area contributed by atoms with Crippen molar-refractivity contribution in [3.05, 3.63) is 57.0 Å². The van der Waals surface area contributed by atoms with Gasteiger partial charge in [-0.15, -0.1) is 0 Å². The summed E-state index contributed by atoms with van der Waals surface area (Å²) in [6.07, 6.45) is 0. The number of hydrogen-bond donors (Lipinski definition) is 1. The summed E-state index contributed by atoms with van der Waals surface area (Å²) < 4.78 is 6.11. The molecule has 0 heterocycles. The van der Waals surface area contributed by atoms with E-state index >= 15 is 0 Å². The van der Waals surface area contributed by atoms with E-state index in [2.05, 4.69) is 27.3 Å². The Morgan fingerprint density at radius 3 is 2.67 bits per heavy atom. The molecule has 21 heavy (non-hydrogen) atoms. The third-order valence-electron chi connectivity index (χ3n) is 3.15. The summed E-state index contributed by atoms with van der Waals surface area (Å²) in [5.41, 5.74) is 2.37. The van der Waals surface area contributed by atoms with Gasteiger partial charge < -0.3 is 10.1 Å². The average molecular weight is 366 g/mol. The highest BCUT2D eigenvalue weighted by Crippen LogP contribution is 2.30. The molecule has 0 aromatic heterocycles. The maximum Gasteiger partial charge on any atom is 0.133 e. The van der Waals surface area contributed by atoms with Gasteiger partial charge in [0.2, 0.25) is 0 Å². The Morgan fingerprint density at radius 2 is 2.05 bits per heavy atom. The zero-order valence-corrected chi connectivity index (χ0v) is 14.0. The third-order valence-corrected chi connectivity index (χ3v) is 4.00. The molecule has 0 fully saturated rings. The molecule has 5 heteroatoms. The van der Waals surface area contributed by atoms with Gasteiger partial charge in [-0.05, 0) is 58.7 Å². The molecule has 0 bridgehead atoms. The van der Waals surface area contributed by atoms with Crippen molar-refractivity contribution >= 4 is 33.2 Å². The minimum Gasteiger partial charge on any atom is -0.496 e. The van der Waals surface area contributed by atoms with Gasteiger partial charge in [0.05, 0.1) is 22.8 Å². The third kappa shape index (κ3) is 3.69. The first-order valence-corrected chi connectivity index (χ1v) is 7.52. The summed E-state index contributed by atoms with van der Waals surface area (Å²) in [6, 6.07) is 13.2. The van der Waals surface area contributed by atoms with Crippen LogP contribution in [-0.2, 0) is 0 Å². The second-order valence-corrected chi connectivity index (χ2v) is 5.85. The Hall–Kier alpha value is -1.70. The molecule has 0 aliphatic carbocycles. The summed E-state index contributed by atoms with van der Waals surface area (Å²) in [6.45, 7) is 2.02. The first-order chi connectivity index (χ1) is 10.0. The van der Waals surface area contributed by atoms with Gasteiger partial charge in [-0.2, -0.15) is 5.26 Å². The minimum absolute atomic E-state index is 0.0257. The smallest absolute Gasteiger partial charge is 0.133 e. The Morgan fingerprint density at radius 1 is 1.29 bits per heavy atom. The normalized spacial score (nSPS) is 11.6. The lowest BCUT2D eigenvalue weighted by atomic mass is 10.1. The number of halogens is 2. The van der Waals surface area contributed by atoms with Crippen LogP contribution in [0.5, 0.6) is 5.75 Å². The van der Waals surface area contributed by atoms with Crippen LogP contribution in [0.25, 0.3) is 0 Å². The van der Waals surface area contributed by atoms with E-state index in [9.17, 15) is 0 Å². The zero-order valence-electron chi connectivity index (χ0n) is 11.7. The second-order valence-electron chi connectivity index (χ2n) is 4.56. The molecule has 0 saturated heterocycles. The number of methoxy groups -OCH3 is 1. The number of anilines is 1. The van der Waals surface area contributed by atoms with E-state index in [-0.39, 0.29) is 6.04 Å². The molecule has 0 amide bonds. The maximum atomic E-state index is 9.15. The zero-order chi connectivity index (χ0) is 15.4. The molecular weight excluding hydrogens is 352 g/mol. The minimum atomic E-state index is 0.0257. The SMILES string of the molecule is COc1ccc(C(C)Nc2cc(Cl)ccc2C#N)cc1Br. The van der Waals surface area contributed by atoms with Crippen molar-refractivity contribution in [2.75, 3.05) is 12.4 Å². The van der Waals surface area contributed by atoms with Gasteiger partial charge in [0.1, 0.15) is 11.8 Å². The molecule has 0 spiro atoms. The molecule has 108 valence electrons. The lowest BCUT2D eigenvalue weighted by Gasteiger charge is -2.18. The van der Waals surface area contributed by atoms with Crippen LogP contribution in [0.2, 0.25) is 5.02 Å². The van der Waals surface area contributed by atoms with Crippen molar-refractivity contribution in [1.82, 2.24) is 0 Å². The van der Waals surface area contributed by atoms with Crippen molar-refractivity contribution in [3.63, 3.8) is 0 Å². The van der Waals surface area contributed by atoms with E-state index < -0.39 is 0 Å². The van der Waals surface area contributed by atoms with Gasteiger partial charge in [-0.3, -0.25) is 0 Å². The van der Waals surface area contributed by atoms with Crippen LogP contribution in [0, 0.1) is 11.3 Å². The molecule has 1 unspecified atom stereocenters. The van der Waals surface area contributed by atoms with Crippen molar-refractivity contribution in [3.8, 4) is 11.8 Å². The molecule has 2 aromatic carbocycles. The van der Waals surface area contributed by atoms with E-state index in [1.807, 2.05) is 25.1 Å². The van der Waals surface area contributed by atoms with E-state index in [1.165, 1.54) is 0 Å². The van der Waals surface area contributed by atoms with Gasteiger partial charge >= 0.3 is 0 Å². The maximum absolute atomic E-state index is 9.15. The van der Waals surface area contributed by atoms with Gasteiger partial charge in [-0.1, -0.05) is 17.7 Å². The largest absolute Gasteiger partial charge is 0.496 e. The van der Waals surface area contributed by atoms with Crippen molar-refractivity contribution in [2.24, 2.45) is 0 Å². The fourth-order valence-electron chi connectivity index (χ4n) is 2.00. The quantitative estimate of drug-likeness (QED) is 0.814. The van der Waals surface area contributed by atoms with Gasteiger partial charge in [0.15, 0.2) is 0 Å². The van der Waals surface area contributed by atoms with E-state index in [1.54, 1.807) is 25.3 Å².